The van der Waals surface area contributed by atoms with Gasteiger partial charge in [0.25, 0.3) is 0 Å². The molecule has 0 saturated carbocycles. The second-order valence-electron chi connectivity index (χ2n) is 8.11. The van der Waals surface area contributed by atoms with Crippen molar-refractivity contribution < 1.29 is 24.5 Å². The van der Waals surface area contributed by atoms with Crippen molar-refractivity contribution in [1.29, 1.82) is 0 Å². The molecule has 0 bridgehead atoms. The van der Waals surface area contributed by atoms with Crippen LogP contribution in [0.1, 0.15) is 55.1 Å². The van der Waals surface area contributed by atoms with Gasteiger partial charge in [0.15, 0.2) is 17.3 Å². The molecular formula is C25H24O5. The third-order valence-electron chi connectivity index (χ3n) is 5.28. The van der Waals surface area contributed by atoms with Gasteiger partial charge in [-0.15, -0.1) is 0 Å². The van der Waals surface area contributed by atoms with Crippen LogP contribution in [0.2, 0.25) is 0 Å². The molecule has 0 saturated heterocycles. The van der Waals surface area contributed by atoms with Crippen LogP contribution in [-0.2, 0) is 0 Å². The highest BCUT2D eigenvalue weighted by Crippen LogP contribution is 2.43. The number of hydrogen-bond acceptors (Lipinski definition) is 5. The van der Waals surface area contributed by atoms with Crippen molar-refractivity contribution >= 4 is 17.9 Å². The Bertz CT molecular complexity index is 1120. The lowest BCUT2D eigenvalue weighted by Crippen LogP contribution is -2.31. The zero-order valence-electron chi connectivity index (χ0n) is 17.2. The predicted octanol–water partition coefficient (Wildman–Crippen LogP) is 5.62. The van der Waals surface area contributed by atoms with E-state index in [1.165, 1.54) is 17.7 Å². The number of hydrogen-bond donors (Lipinski definition) is 2. The van der Waals surface area contributed by atoms with Crippen LogP contribution in [0.5, 0.6) is 23.0 Å². The van der Waals surface area contributed by atoms with Crippen molar-refractivity contribution in [1.82, 2.24) is 0 Å². The summed E-state index contributed by atoms with van der Waals surface area (Å²) in [7, 11) is 0. The van der Waals surface area contributed by atoms with Crippen molar-refractivity contribution in [3.8, 4) is 23.0 Å². The number of phenolic OH excluding ortho intramolecular Hbond substituents is 2. The summed E-state index contributed by atoms with van der Waals surface area (Å²) in [6.07, 6.45) is 9.36. The maximum atomic E-state index is 12.6. The molecule has 1 atom stereocenters. The second-order valence-corrected chi connectivity index (χ2v) is 8.11. The van der Waals surface area contributed by atoms with Gasteiger partial charge in [-0.1, -0.05) is 23.8 Å². The molecule has 30 heavy (non-hydrogen) atoms. The summed E-state index contributed by atoms with van der Waals surface area (Å²) >= 11 is 0. The van der Waals surface area contributed by atoms with Gasteiger partial charge in [-0.25, -0.2) is 0 Å². The van der Waals surface area contributed by atoms with E-state index in [-0.39, 0.29) is 23.0 Å². The van der Waals surface area contributed by atoms with Gasteiger partial charge < -0.3 is 19.7 Å². The van der Waals surface area contributed by atoms with Crippen LogP contribution >= 0.6 is 0 Å². The van der Waals surface area contributed by atoms with Gasteiger partial charge in [-0.05, 0) is 69.5 Å². The number of rotatable bonds is 4. The monoisotopic (exact) mass is 404 g/mol. The highest BCUT2D eigenvalue weighted by molar-refractivity contribution is 6.14. The molecular weight excluding hydrogens is 380 g/mol. The van der Waals surface area contributed by atoms with E-state index in [1.54, 1.807) is 24.3 Å². The van der Waals surface area contributed by atoms with E-state index >= 15 is 0 Å². The number of fused-ring (bicyclic) bond motifs is 2. The first-order valence-corrected chi connectivity index (χ1v) is 9.91. The van der Waals surface area contributed by atoms with E-state index in [0.29, 0.717) is 28.2 Å². The van der Waals surface area contributed by atoms with E-state index in [0.717, 1.165) is 12.8 Å². The molecule has 0 fully saturated rings. The average Bonchev–Trinajstić information content (AvgIpc) is 2.98. The number of carbonyl (C=O) groups is 1. The topological polar surface area (TPSA) is 76.0 Å². The lowest BCUT2D eigenvalue weighted by Gasteiger charge is -2.32. The molecule has 2 aliphatic rings. The summed E-state index contributed by atoms with van der Waals surface area (Å²) in [5.41, 5.74) is 2.52. The molecule has 2 N–H and O–H groups in total. The second kappa shape index (κ2) is 7.41. The van der Waals surface area contributed by atoms with Crippen LogP contribution in [-0.4, -0.2) is 21.6 Å². The molecule has 4 rings (SSSR count). The number of benzene rings is 2. The highest BCUT2D eigenvalue weighted by Gasteiger charge is 2.31. The smallest absolute Gasteiger partial charge is 0.231 e. The fourth-order valence-corrected chi connectivity index (χ4v) is 3.63. The van der Waals surface area contributed by atoms with Crippen LogP contribution < -0.4 is 9.47 Å². The van der Waals surface area contributed by atoms with E-state index < -0.39 is 5.60 Å². The normalized spacial score (nSPS) is 20.4. The molecule has 0 unspecified atom stereocenters. The van der Waals surface area contributed by atoms with Gasteiger partial charge >= 0.3 is 0 Å². The van der Waals surface area contributed by atoms with Crippen LogP contribution in [0.15, 0.2) is 53.8 Å². The first-order valence-electron chi connectivity index (χ1n) is 9.91. The summed E-state index contributed by atoms with van der Waals surface area (Å²) in [6.45, 7) is 6.11. The number of aromatic hydroxyl groups is 2. The quantitative estimate of drug-likeness (QED) is 0.511. The minimum absolute atomic E-state index is 0.0357. The molecule has 5 nitrogen and oxygen atoms in total. The molecule has 2 aromatic rings. The number of phenols is 2. The van der Waals surface area contributed by atoms with Crippen LogP contribution in [0.25, 0.3) is 12.2 Å². The number of Topliss-reactive ketones (excluding diaryl/α,β-unsaturated/α-hetero) is 1. The number of carbonyl (C=O) groups excluding carboxylic acids is 1. The SMILES string of the molecule is CC(C)=CCC[C@]1(C)C=Cc2c(C=C3Oc4cc(O)ccc4C3=O)ccc(O)c2O1. The van der Waals surface area contributed by atoms with Gasteiger partial charge in [0.1, 0.15) is 17.1 Å². The number of ether oxygens (including phenoxy) is 2. The maximum Gasteiger partial charge on any atom is 0.231 e. The van der Waals surface area contributed by atoms with Gasteiger partial charge in [0.05, 0.1) is 5.56 Å². The molecule has 154 valence electrons. The number of ketones is 1. The molecule has 0 radical (unpaired) electrons. The Morgan fingerprint density at radius 1 is 1.17 bits per heavy atom. The van der Waals surface area contributed by atoms with E-state index in [4.69, 9.17) is 9.47 Å². The Morgan fingerprint density at radius 3 is 2.73 bits per heavy atom. The third kappa shape index (κ3) is 3.71. The molecule has 5 heteroatoms. The van der Waals surface area contributed by atoms with Crippen molar-refractivity contribution in [2.45, 2.75) is 39.2 Å². The summed E-state index contributed by atoms with van der Waals surface area (Å²) in [4.78, 5) is 12.6. The minimum atomic E-state index is -0.532. The maximum absolute atomic E-state index is 12.6. The molecule has 0 amide bonds. The van der Waals surface area contributed by atoms with Gasteiger partial charge in [0.2, 0.25) is 5.78 Å². The van der Waals surface area contributed by atoms with Crippen molar-refractivity contribution in [3.63, 3.8) is 0 Å². The van der Waals surface area contributed by atoms with E-state index in [9.17, 15) is 15.0 Å². The van der Waals surface area contributed by atoms with E-state index in [1.807, 2.05) is 19.1 Å². The Kier molecular flexibility index (Phi) is 4.90. The standard InChI is InChI=1S/C25H24O5/c1-15(2)5-4-11-25(3)12-10-18-16(6-9-20(27)24(18)30-25)13-22-23(28)19-8-7-17(26)14-21(19)29-22/h5-10,12-14,26-27H,4,11H2,1-3H3/t25-/m1/s1. The van der Waals surface area contributed by atoms with Crippen molar-refractivity contribution in [3.05, 3.63) is 70.5 Å². The Hall–Kier alpha value is -3.47. The lowest BCUT2D eigenvalue weighted by molar-refractivity contribution is 0.101. The molecule has 0 aliphatic carbocycles. The molecule has 2 aromatic carbocycles. The predicted molar refractivity (Wildman–Crippen MR) is 116 cm³/mol. The molecule has 2 heterocycles. The fraction of sp³-hybridized carbons (Fsp3) is 0.240. The zero-order valence-corrected chi connectivity index (χ0v) is 17.2. The summed E-state index contributed by atoms with van der Waals surface area (Å²) < 4.78 is 11.8. The minimum Gasteiger partial charge on any atom is -0.508 e. The highest BCUT2D eigenvalue weighted by atomic mass is 16.5. The van der Waals surface area contributed by atoms with Crippen LogP contribution in [0.4, 0.5) is 0 Å². The van der Waals surface area contributed by atoms with Crippen LogP contribution in [0, 0.1) is 0 Å². The average molecular weight is 404 g/mol. The van der Waals surface area contributed by atoms with Gasteiger partial charge in [-0.2, -0.15) is 0 Å². The Balaban J connectivity index is 1.65. The summed E-state index contributed by atoms with van der Waals surface area (Å²) in [5.74, 6) is 0.725. The summed E-state index contributed by atoms with van der Waals surface area (Å²) in [5, 5.41) is 20.0. The zero-order chi connectivity index (χ0) is 21.5. The number of allylic oxidation sites excluding steroid dienone is 3. The molecule has 2 aliphatic heterocycles. The Morgan fingerprint density at radius 2 is 1.97 bits per heavy atom. The third-order valence-corrected chi connectivity index (χ3v) is 5.28. The Labute approximate surface area is 175 Å². The van der Waals surface area contributed by atoms with Gasteiger partial charge in [-0.3, -0.25) is 4.79 Å². The first kappa shape index (κ1) is 19.8. The van der Waals surface area contributed by atoms with Gasteiger partial charge in [0, 0.05) is 11.6 Å². The van der Waals surface area contributed by atoms with Crippen LogP contribution in [0.3, 0.4) is 0 Å². The van der Waals surface area contributed by atoms with Crippen molar-refractivity contribution in [2.24, 2.45) is 0 Å². The molecule has 0 aromatic heterocycles. The largest absolute Gasteiger partial charge is 0.508 e. The summed E-state index contributed by atoms with van der Waals surface area (Å²) in [6, 6.07) is 7.69. The first-order chi connectivity index (χ1) is 14.3. The van der Waals surface area contributed by atoms with E-state index in [2.05, 4.69) is 19.9 Å². The molecule has 0 spiro atoms. The fourth-order valence-electron chi connectivity index (χ4n) is 3.63. The lowest BCUT2D eigenvalue weighted by atomic mass is 9.92. The van der Waals surface area contributed by atoms with Crippen molar-refractivity contribution in [2.75, 3.05) is 0 Å².